The Balaban J connectivity index is 2.32. The summed E-state index contributed by atoms with van der Waals surface area (Å²) < 4.78 is 4.55. The van der Waals surface area contributed by atoms with Crippen LogP contribution in [0.25, 0.3) is 0 Å². The van der Waals surface area contributed by atoms with Crippen molar-refractivity contribution in [2.24, 2.45) is 0 Å². The Labute approximate surface area is 122 Å². The van der Waals surface area contributed by atoms with E-state index in [-0.39, 0.29) is 17.6 Å². The fourth-order valence-electron chi connectivity index (χ4n) is 2.09. The van der Waals surface area contributed by atoms with Gasteiger partial charge in [-0.1, -0.05) is 20.8 Å². The van der Waals surface area contributed by atoms with Crippen molar-refractivity contribution < 1.29 is 19.4 Å². The molecular weight excluding hydrogens is 276 g/mol. The van der Waals surface area contributed by atoms with Crippen molar-refractivity contribution in [3.05, 3.63) is 23.3 Å². The highest BCUT2D eigenvalue weighted by Gasteiger charge is 2.34. The van der Waals surface area contributed by atoms with Gasteiger partial charge in [0.25, 0.3) is 0 Å². The molecule has 1 atom stereocenters. The zero-order chi connectivity index (χ0) is 15.1. The van der Waals surface area contributed by atoms with Gasteiger partial charge in [-0.25, -0.2) is 0 Å². The molecule has 1 N–H and O–H groups in total. The number of ether oxygens (including phenoxy) is 1. The lowest BCUT2D eigenvalue weighted by molar-refractivity contribution is -0.151. The average molecular weight is 294 g/mol. The summed E-state index contributed by atoms with van der Waals surface area (Å²) in [5.74, 6) is -0.672. The standard InChI is InChI=1S/C15H18O4S/c1-8-5-9(6-10(13(8)17)15(2,3)4)20-11-7-12(16)19-14(11)18/h5-6,11,17H,7H2,1-4H3. The lowest BCUT2D eigenvalue weighted by Crippen LogP contribution is -2.13. The number of aromatic hydroxyl groups is 1. The van der Waals surface area contributed by atoms with Crippen LogP contribution in [0.15, 0.2) is 17.0 Å². The highest BCUT2D eigenvalue weighted by Crippen LogP contribution is 2.39. The summed E-state index contributed by atoms with van der Waals surface area (Å²) in [6.07, 6.45) is 0.105. The van der Waals surface area contributed by atoms with Crippen molar-refractivity contribution in [3.8, 4) is 5.75 Å². The van der Waals surface area contributed by atoms with Gasteiger partial charge >= 0.3 is 11.9 Å². The van der Waals surface area contributed by atoms with E-state index in [1.807, 2.05) is 39.8 Å². The number of carbonyl (C=O) groups excluding carboxylic acids is 2. The molecule has 1 aliphatic rings. The third-order valence-corrected chi connectivity index (χ3v) is 4.34. The molecule has 1 aromatic rings. The first-order valence-corrected chi connectivity index (χ1v) is 7.31. The van der Waals surface area contributed by atoms with Crippen LogP contribution in [0, 0.1) is 6.92 Å². The van der Waals surface area contributed by atoms with Gasteiger partial charge in [0.1, 0.15) is 11.0 Å². The van der Waals surface area contributed by atoms with Crippen molar-refractivity contribution in [1.29, 1.82) is 0 Å². The Morgan fingerprint density at radius 3 is 2.45 bits per heavy atom. The highest BCUT2D eigenvalue weighted by molar-refractivity contribution is 8.00. The van der Waals surface area contributed by atoms with Crippen LogP contribution < -0.4 is 0 Å². The third-order valence-electron chi connectivity index (χ3n) is 3.19. The fraction of sp³-hybridized carbons (Fsp3) is 0.467. The molecule has 0 saturated carbocycles. The zero-order valence-electron chi connectivity index (χ0n) is 12.0. The second kappa shape index (κ2) is 5.13. The van der Waals surface area contributed by atoms with Gasteiger partial charge in [0.15, 0.2) is 0 Å². The summed E-state index contributed by atoms with van der Waals surface area (Å²) in [6.45, 7) is 7.88. The van der Waals surface area contributed by atoms with E-state index in [9.17, 15) is 14.7 Å². The first-order valence-electron chi connectivity index (χ1n) is 6.44. The normalized spacial score (nSPS) is 19.3. The molecule has 4 nitrogen and oxygen atoms in total. The summed E-state index contributed by atoms with van der Waals surface area (Å²) in [4.78, 5) is 23.5. The Bertz CT molecular complexity index is 572. The van der Waals surface area contributed by atoms with Gasteiger partial charge in [-0.2, -0.15) is 0 Å². The molecule has 1 fully saturated rings. The minimum absolute atomic E-state index is 0.105. The number of phenols is 1. The predicted molar refractivity (Wildman–Crippen MR) is 76.9 cm³/mol. The van der Waals surface area contributed by atoms with Crippen LogP contribution >= 0.6 is 11.8 Å². The molecule has 0 aromatic heterocycles. The Morgan fingerprint density at radius 1 is 1.30 bits per heavy atom. The van der Waals surface area contributed by atoms with Crippen LogP contribution in [0.1, 0.15) is 38.3 Å². The van der Waals surface area contributed by atoms with E-state index in [0.29, 0.717) is 0 Å². The van der Waals surface area contributed by atoms with Crippen LogP contribution in [0.3, 0.4) is 0 Å². The lowest BCUT2D eigenvalue weighted by Gasteiger charge is -2.22. The Hall–Kier alpha value is -1.49. The van der Waals surface area contributed by atoms with Gasteiger partial charge in [0.2, 0.25) is 0 Å². The number of esters is 2. The van der Waals surface area contributed by atoms with E-state index in [0.717, 1.165) is 16.0 Å². The van der Waals surface area contributed by atoms with Crippen molar-refractivity contribution >= 4 is 23.7 Å². The largest absolute Gasteiger partial charge is 0.507 e. The number of thioether (sulfide) groups is 1. The average Bonchev–Trinajstić information content (AvgIpc) is 2.60. The molecule has 0 bridgehead atoms. The van der Waals surface area contributed by atoms with E-state index >= 15 is 0 Å². The summed E-state index contributed by atoms with van der Waals surface area (Å²) in [6, 6.07) is 3.70. The first kappa shape index (κ1) is 14.9. The summed E-state index contributed by atoms with van der Waals surface area (Å²) >= 11 is 1.31. The Kier molecular flexibility index (Phi) is 3.82. The number of benzene rings is 1. The van der Waals surface area contributed by atoms with Gasteiger partial charge in [-0.15, -0.1) is 11.8 Å². The van der Waals surface area contributed by atoms with Crippen molar-refractivity contribution in [2.75, 3.05) is 0 Å². The quantitative estimate of drug-likeness (QED) is 0.671. The number of phenolic OH excluding ortho intramolecular Hbond substituents is 1. The van der Waals surface area contributed by atoms with Crippen LogP contribution in [0.2, 0.25) is 0 Å². The van der Waals surface area contributed by atoms with Gasteiger partial charge < -0.3 is 9.84 Å². The lowest BCUT2D eigenvalue weighted by atomic mass is 9.85. The maximum atomic E-state index is 11.5. The van der Waals surface area contributed by atoms with Crippen LogP contribution in [-0.4, -0.2) is 22.3 Å². The summed E-state index contributed by atoms with van der Waals surface area (Å²) in [7, 11) is 0. The molecule has 0 amide bonds. The topological polar surface area (TPSA) is 63.6 Å². The molecule has 108 valence electrons. The van der Waals surface area contributed by atoms with Crippen LogP contribution in [0.4, 0.5) is 0 Å². The zero-order valence-corrected chi connectivity index (χ0v) is 12.8. The van der Waals surface area contributed by atoms with E-state index in [2.05, 4.69) is 4.74 Å². The van der Waals surface area contributed by atoms with E-state index in [1.54, 1.807) is 0 Å². The van der Waals surface area contributed by atoms with Gasteiger partial charge in [0, 0.05) is 10.5 Å². The van der Waals surface area contributed by atoms with E-state index in [4.69, 9.17) is 0 Å². The van der Waals surface area contributed by atoms with Gasteiger partial charge in [-0.3, -0.25) is 9.59 Å². The maximum Gasteiger partial charge on any atom is 0.327 e. The SMILES string of the molecule is Cc1cc(SC2CC(=O)OC2=O)cc(C(C)(C)C)c1O. The number of aryl methyl sites for hydroxylation is 1. The molecule has 20 heavy (non-hydrogen) atoms. The second-order valence-electron chi connectivity index (χ2n) is 5.99. The number of rotatable bonds is 2. The molecule has 1 unspecified atom stereocenters. The molecule has 0 radical (unpaired) electrons. The predicted octanol–water partition coefficient (Wildman–Crippen LogP) is 2.93. The molecule has 0 aliphatic carbocycles. The minimum atomic E-state index is -0.487. The maximum absolute atomic E-state index is 11.5. The smallest absolute Gasteiger partial charge is 0.327 e. The van der Waals surface area contributed by atoms with Crippen molar-refractivity contribution in [2.45, 2.75) is 49.7 Å². The van der Waals surface area contributed by atoms with E-state index in [1.165, 1.54) is 11.8 Å². The van der Waals surface area contributed by atoms with Crippen molar-refractivity contribution in [1.82, 2.24) is 0 Å². The van der Waals surface area contributed by atoms with E-state index < -0.39 is 17.2 Å². The third kappa shape index (κ3) is 2.98. The monoisotopic (exact) mass is 294 g/mol. The molecule has 0 spiro atoms. The molecule has 1 aromatic carbocycles. The second-order valence-corrected chi connectivity index (χ2v) is 7.27. The van der Waals surface area contributed by atoms with Gasteiger partial charge in [0.05, 0.1) is 6.42 Å². The molecule has 1 heterocycles. The summed E-state index contributed by atoms with van der Waals surface area (Å²) in [5.41, 5.74) is 1.40. The fourth-order valence-corrected chi connectivity index (χ4v) is 3.22. The van der Waals surface area contributed by atoms with Crippen LogP contribution in [0.5, 0.6) is 5.75 Å². The molecule has 1 saturated heterocycles. The minimum Gasteiger partial charge on any atom is -0.507 e. The van der Waals surface area contributed by atoms with Crippen LogP contribution in [-0.2, 0) is 19.7 Å². The Morgan fingerprint density at radius 2 is 1.95 bits per heavy atom. The number of hydrogen-bond donors (Lipinski definition) is 1. The number of hydrogen-bond acceptors (Lipinski definition) is 5. The number of carbonyl (C=O) groups is 2. The van der Waals surface area contributed by atoms with Gasteiger partial charge in [-0.05, 0) is 30.0 Å². The molecule has 1 aliphatic heterocycles. The van der Waals surface area contributed by atoms with Crippen molar-refractivity contribution in [3.63, 3.8) is 0 Å². The number of cyclic esters (lactones) is 2. The first-order chi connectivity index (χ1) is 9.18. The highest BCUT2D eigenvalue weighted by atomic mass is 32.2. The molecular formula is C15H18O4S. The molecule has 2 rings (SSSR count). The molecule has 5 heteroatoms. The summed E-state index contributed by atoms with van der Waals surface area (Å²) in [5, 5.41) is 9.67.